The summed E-state index contributed by atoms with van der Waals surface area (Å²) in [5.74, 6) is -0.391. The number of hydrogen-bond donors (Lipinski definition) is 2. The van der Waals surface area contributed by atoms with Crippen molar-refractivity contribution in [2.24, 2.45) is 0 Å². The van der Waals surface area contributed by atoms with E-state index in [1.165, 1.54) is 6.92 Å². The molecule has 170 valence electrons. The number of halogens is 1. The van der Waals surface area contributed by atoms with Crippen LogP contribution in [-0.2, 0) is 22.4 Å². The quantitative estimate of drug-likeness (QED) is 0.249. The topological polar surface area (TPSA) is 101 Å². The van der Waals surface area contributed by atoms with E-state index in [1.807, 2.05) is 24.4 Å². The highest BCUT2D eigenvalue weighted by molar-refractivity contribution is 6.31. The van der Waals surface area contributed by atoms with E-state index in [-0.39, 0.29) is 12.3 Å². The SMILES string of the molecule is CC(=O)Oc1ccc2c(C)c(CC(=O)NCCc3c[nH]c4ccc(Cl)cc34)c(=O)oc2c1C. The monoisotopic (exact) mass is 466 g/mol. The summed E-state index contributed by atoms with van der Waals surface area (Å²) in [5, 5.41) is 5.24. The van der Waals surface area contributed by atoms with Gasteiger partial charge in [-0.25, -0.2) is 4.79 Å². The summed E-state index contributed by atoms with van der Waals surface area (Å²) in [6, 6.07) is 9.01. The van der Waals surface area contributed by atoms with Crippen LogP contribution in [0.5, 0.6) is 5.75 Å². The number of H-pyrrole nitrogens is 1. The maximum absolute atomic E-state index is 12.6. The van der Waals surface area contributed by atoms with Crippen molar-refractivity contribution in [1.29, 1.82) is 0 Å². The third-order valence-electron chi connectivity index (χ3n) is 5.69. The predicted molar refractivity (Wildman–Crippen MR) is 127 cm³/mol. The molecule has 0 saturated carbocycles. The van der Waals surface area contributed by atoms with Crippen LogP contribution in [0.3, 0.4) is 0 Å². The number of ether oxygens (including phenoxy) is 1. The second-order valence-corrected chi connectivity index (χ2v) is 8.37. The Morgan fingerprint density at radius 3 is 2.67 bits per heavy atom. The van der Waals surface area contributed by atoms with Gasteiger partial charge in [0.1, 0.15) is 11.3 Å². The van der Waals surface area contributed by atoms with Crippen molar-refractivity contribution < 1.29 is 18.7 Å². The molecule has 0 saturated heterocycles. The molecule has 0 unspecified atom stereocenters. The van der Waals surface area contributed by atoms with Crippen molar-refractivity contribution in [3.05, 3.63) is 74.2 Å². The molecule has 0 fully saturated rings. The van der Waals surface area contributed by atoms with E-state index in [9.17, 15) is 14.4 Å². The molecule has 0 aliphatic heterocycles. The lowest BCUT2D eigenvalue weighted by atomic mass is 10.0. The number of fused-ring (bicyclic) bond motifs is 2. The zero-order valence-electron chi connectivity index (χ0n) is 18.5. The van der Waals surface area contributed by atoms with Crippen molar-refractivity contribution in [2.45, 2.75) is 33.6 Å². The number of rotatable bonds is 6. The Labute approximate surface area is 194 Å². The molecule has 0 atom stereocenters. The van der Waals surface area contributed by atoms with Gasteiger partial charge >= 0.3 is 11.6 Å². The summed E-state index contributed by atoms with van der Waals surface area (Å²) in [6.45, 7) is 5.22. The maximum Gasteiger partial charge on any atom is 0.340 e. The molecule has 8 heteroatoms. The first-order valence-corrected chi connectivity index (χ1v) is 10.9. The fourth-order valence-corrected chi connectivity index (χ4v) is 4.13. The first-order chi connectivity index (χ1) is 15.7. The highest BCUT2D eigenvalue weighted by atomic mass is 35.5. The van der Waals surface area contributed by atoms with Crippen LogP contribution < -0.4 is 15.7 Å². The van der Waals surface area contributed by atoms with Gasteiger partial charge in [-0.05, 0) is 61.7 Å². The lowest BCUT2D eigenvalue weighted by Crippen LogP contribution is -2.29. The Kier molecular flexibility index (Phi) is 6.24. The highest BCUT2D eigenvalue weighted by Crippen LogP contribution is 2.29. The summed E-state index contributed by atoms with van der Waals surface area (Å²) >= 11 is 6.09. The standard InChI is InChI=1S/C25H23ClN2O5/c1-13-18-5-7-22(32-15(3)29)14(2)24(18)33-25(31)19(13)11-23(30)27-9-8-16-12-28-21-6-4-17(26)10-20(16)21/h4-7,10,12,28H,8-9,11H2,1-3H3,(H,27,30). The van der Waals surface area contributed by atoms with E-state index in [2.05, 4.69) is 10.3 Å². The van der Waals surface area contributed by atoms with Gasteiger partial charge in [0.2, 0.25) is 5.91 Å². The Bertz CT molecular complexity index is 1450. The largest absolute Gasteiger partial charge is 0.426 e. The molecule has 0 spiro atoms. The lowest BCUT2D eigenvalue weighted by Gasteiger charge is -2.12. The van der Waals surface area contributed by atoms with Crippen LogP contribution in [0, 0.1) is 13.8 Å². The summed E-state index contributed by atoms with van der Waals surface area (Å²) in [5.41, 5.74) is 3.32. The number of amides is 1. The molecule has 4 aromatic rings. The van der Waals surface area contributed by atoms with E-state index in [1.54, 1.807) is 26.0 Å². The fourth-order valence-electron chi connectivity index (χ4n) is 3.96. The van der Waals surface area contributed by atoms with Crippen LogP contribution in [0.15, 0.2) is 45.7 Å². The molecule has 2 aromatic heterocycles. The number of aromatic nitrogens is 1. The van der Waals surface area contributed by atoms with Crippen LogP contribution in [0.4, 0.5) is 0 Å². The molecular formula is C25H23ClN2O5. The third-order valence-corrected chi connectivity index (χ3v) is 5.93. The second kappa shape index (κ2) is 9.11. The lowest BCUT2D eigenvalue weighted by molar-refractivity contribution is -0.132. The Balaban J connectivity index is 1.48. The van der Waals surface area contributed by atoms with Crippen molar-refractivity contribution in [3.8, 4) is 5.75 Å². The molecule has 0 bridgehead atoms. The Hall–Kier alpha value is -3.58. The van der Waals surface area contributed by atoms with Gasteiger partial charge in [0, 0.05) is 46.5 Å². The molecule has 1 amide bonds. The number of nitrogens with one attached hydrogen (secondary N) is 2. The summed E-state index contributed by atoms with van der Waals surface area (Å²) < 4.78 is 10.7. The maximum atomic E-state index is 12.6. The predicted octanol–water partition coefficient (Wildman–Crippen LogP) is 4.37. The van der Waals surface area contributed by atoms with Crippen LogP contribution in [0.1, 0.15) is 29.2 Å². The van der Waals surface area contributed by atoms with Crippen molar-refractivity contribution >= 4 is 45.3 Å². The van der Waals surface area contributed by atoms with Gasteiger partial charge in [0.25, 0.3) is 0 Å². The molecule has 0 aliphatic rings. The number of carbonyl (C=O) groups excluding carboxylic acids is 2. The first kappa shape index (κ1) is 22.6. The number of benzene rings is 2. The van der Waals surface area contributed by atoms with Gasteiger partial charge in [-0.3, -0.25) is 9.59 Å². The van der Waals surface area contributed by atoms with Crippen molar-refractivity contribution in [3.63, 3.8) is 0 Å². The first-order valence-electron chi connectivity index (χ1n) is 10.5. The van der Waals surface area contributed by atoms with Gasteiger partial charge in [0.15, 0.2) is 0 Å². The summed E-state index contributed by atoms with van der Waals surface area (Å²) in [7, 11) is 0. The van der Waals surface area contributed by atoms with Crippen molar-refractivity contribution in [1.82, 2.24) is 10.3 Å². The number of carbonyl (C=O) groups is 2. The third kappa shape index (κ3) is 4.64. The van der Waals surface area contributed by atoms with Gasteiger partial charge in [-0.15, -0.1) is 0 Å². The van der Waals surface area contributed by atoms with E-state index in [4.69, 9.17) is 20.8 Å². The minimum Gasteiger partial charge on any atom is -0.426 e. The van der Waals surface area contributed by atoms with Crippen LogP contribution in [-0.4, -0.2) is 23.4 Å². The fraction of sp³-hybridized carbons (Fsp3) is 0.240. The second-order valence-electron chi connectivity index (χ2n) is 7.93. The molecule has 2 aromatic carbocycles. The van der Waals surface area contributed by atoms with Gasteiger partial charge in [0.05, 0.1) is 12.0 Å². The Morgan fingerprint density at radius 1 is 1.12 bits per heavy atom. The molecule has 2 N–H and O–H groups in total. The summed E-state index contributed by atoms with van der Waals surface area (Å²) in [4.78, 5) is 39.7. The molecule has 33 heavy (non-hydrogen) atoms. The van der Waals surface area contributed by atoms with E-state index in [0.717, 1.165) is 16.5 Å². The van der Waals surface area contributed by atoms with Gasteiger partial charge < -0.3 is 19.5 Å². The molecule has 0 radical (unpaired) electrons. The Morgan fingerprint density at radius 2 is 1.91 bits per heavy atom. The molecular weight excluding hydrogens is 444 g/mol. The van der Waals surface area contributed by atoms with Gasteiger partial charge in [-0.1, -0.05) is 11.6 Å². The van der Waals surface area contributed by atoms with E-state index in [0.29, 0.717) is 51.4 Å². The average molecular weight is 467 g/mol. The zero-order valence-corrected chi connectivity index (χ0v) is 19.3. The van der Waals surface area contributed by atoms with Crippen LogP contribution >= 0.6 is 11.6 Å². The molecule has 0 aliphatic carbocycles. The molecule has 7 nitrogen and oxygen atoms in total. The molecule has 2 heterocycles. The highest BCUT2D eigenvalue weighted by Gasteiger charge is 2.18. The smallest absolute Gasteiger partial charge is 0.340 e. The minimum absolute atomic E-state index is 0.0887. The van der Waals surface area contributed by atoms with Crippen molar-refractivity contribution in [2.75, 3.05) is 6.54 Å². The number of esters is 1. The molecule has 4 rings (SSSR count). The average Bonchev–Trinajstić information content (AvgIpc) is 3.15. The normalized spacial score (nSPS) is 11.2. The number of hydrogen-bond acceptors (Lipinski definition) is 5. The van der Waals surface area contributed by atoms with E-state index >= 15 is 0 Å². The number of aryl methyl sites for hydroxylation is 2. The van der Waals surface area contributed by atoms with Crippen LogP contribution in [0.2, 0.25) is 5.02 Å². The van der Waals surface area contributed by atoms with Crippen LogP contribution in [0.25, 0.3) is 21.9 Å². The number of aromatic amines is 1. The van der Waals surface area contributed by atoms with E-state index < -0.39 is 11.6 Å². The summed E-state index contributed by atoms with van der Waals surface area (Å²) in [6.07, 6.45) is 2.44. The zero-order chi connectivity index (χ0) is 23.7. The van der Waals surface area contributed by atoms with Gasteiger partial charge in [-0.2, -0.15) is 0 Å². The minimum atomic E-state index is -0.579.